The molecule has 0 radical (unpaired) electrons. The van der Waals surface area contributed by atoms with Crippen LogP contribution >= 0.6 is 0 Å². The van der Waals surface area contributed by atoms with Crippen LogP contribution in [0.1, 0.15) is 24.5 Å². The van der Waals surface area contributed by atoms with Gasteiger partial charge in [-0.25, -0.2) is 0 Å². The van der Waals surface area contributed by atoms with Crippen LogP contribution in [0.25, 0.3) is 0 Å². The van der Waals surface area contributed by atoms with Crippen LogP contribution in [0.2, 0.25) is 0 Å². The molecule has 2 unspecified atom stereocenters. The largest absolute Gasteiger partial charge is 0.352 e. The summed E-state index contributed by atoms with van der Waals surface area (Å²) in [5.74, 6) is 0.877. The number of hydrogen-bond donors (Lipinski definition) is 2. The van der Waals surface area contributed by atoms with Gasteiger partial charge < -0.3 is 10.6 Å². The van der Waals surface area contributed by atoms with Gasteiger partial charge >= 0.3 is 0 Å². The maximum Gasteiger partial charge on any atom is 0.191 e. The van der Waals surface area contributed by atoms with Gasteiger partial charge in [-0.1, -0.05) is 60.7 Å². The normalized spacial score (nSPS) is 21.3. The number of likely N-dealkylation sites (tertiary alicyclic amines) is 1. The summed E-state index contributed by atoms with van der Waals surface area (Å²) >= 11 is 0. The van der Waals surface area contributed by atoms with Crippen LogP contribution in [0.3, 0.4) is 0 Å². The molecule has 3 rings (SSSR count). The first-order chi connectivity index (χ1) is 12.2. The van der Waals surface area contributed by atoms with Crippen LogP contribution in [-0.4, -0.2) is 36.5 Å². The van der Waals surface area contributed by atoms with Gasteiger partial charge in [-0.05, 0) is 24.5 Å². The Balaban J connectivity index is 1.50. The Hall–Kier alpha value is -2.33. The summed E-state index contributed by atoms with van der Waals surface area (Å²) in [6.07, 6.45) is 1.14. The zero-order valence-corrected chi connectivity index (χ0v) is 15.2. The van der Waals surface area contributed by atoms with Crippen molar-refractivity contribution in [3.8, 4) is 0 Å². The first-order valence-electron chi connectivity index (χ1n) is 9.03. The molecule has 4 heteroatoms. The Bertz CT molecular complexity index is 669. The molecule has 1 fully saturated rings. The molecule has 0 aromatic heterocycles. The van der Waals surface area contributed by atoms with Crippen LogP contribution in [0.4, 0.5) is 0 Å². The van der Waals surface area contributed by atoms with Crippen molar-refractivity contribution in [1.82, 2.24) is 15.5 Å². The van der Waals surface area contributed by atoms with Gasteiger partial charge in [0, 0.05) is 38.8 Å². The Morgan fingerprint density at radius 2 is 1.68 bits per heavy atom. The number of benzene rings is 2. The molecule has 0 spiro atoms. The van der Waals surface area contributed by atoms with E-state index in [1.807, 2.05) is 13.1 Å². The van der Waals surface area contributed by atoms with E-state index < -0.39 is 0 Å². The third-order valence-corrected chi connectivity index (χ3v) is 4.80. The van der Waals surface area contributed by atoms with Crippen LogP contribution in [0, 0.1) is 0 Å². The monoisotopic (exact) mass is 336 g/mol. The van der Waals surface area contributed by atoms with E-state index in [9.17, 15) is 0 Å². The molecular weight excluding hydrogens is 308 g/mol. The molecule has 25 heavy (non-hydrogen) atoms. The minimum Gasteiger partial charge on any atom is -0.352 e. The van der Waals surface area contributed by atoms with Gasteiger partial charge in [-0.2, -0.15) is 0 Å². The highest BCUT2D eigenvalue weighted by molar-refractivity contribution is 5.80. The van der Waals surface area contributed by atoms with Crippen molar-refractivity contribution >= 4 is 5.96 Å². The lowest BCUT2D eigenvalue weighted by Crippen LogP contribution is -2.44. The van der Waals surface area contributed by atoms with Crippen molar-refractivity contribution in [2.45, 2.75) is 38.5 Å². The van der Waals surface area contributed by atoms with Gasteiger partial charge in [-0.3, -0.25) is 9.89 Å². The van der Waals surface area contributed by atoms with Crippen LogP contribution in [0.15, 0.2) is 65.7 Å². The number of aliphatic imine (C=N–C) groups is 1. The van der Waals surface area contributed by atoms with E-state index in [-0.39, 0.29) is 0 Å². The summed E-state index contributed by atoms with van der Waals surface area (Å²) in [6, 6.07) is 22.1. The SMILES string of the molecule is CN=C(NCc1ccccc1)NC1CC(C)N(Cc2ccccc2)C1. The van der Waals surface area contributed by atoms with Crippen LogP contribution in [-0.2, 0) is 13.1 Å². The Morgan fingerprint density at radius 3 is 2.32 bits per heavy atom. The molecule has 4 nitrogen and oxygen atoms in total. The summed E-state index contributed by atoms with van der Waals surface area (Å²) in [5.41, 5.74) is 2.64. The van der Waals surface area contributed by atoms with Crippen molar-refractivity contribution in [3.05, 3.63) is 71.8 Å². The van der Waals surface area contributed by atoms with Crippen molar-refractivity contribution in [1.29, 1.82) is 0 Å². The summed E-state index contributed by atoms with van der Waals surface area (Å²) in [5, 5.41) is 6.99. The minimum absolute atomic E-state index is 0.431. The molecule has 0 saturated carbocycles. The molecule has 1 aliphatic heterocycles. The average Bonchev–Trinajstić information content (AvgIpc) is 2.99. The number of rotatable bonds is 5. The van der Waals surface area contributed by atoms with Gasteiger partial charge in [0.05, 0.1) is 0 Å². The molecule has 1 saturated heterocycles. The first kappa shape index (κ1) is 17.5. The molecule has 0 aliphatic carbocycles. The smallest absolute Gasteiger partial charge is 0.191 e. The number of guanidine groups is 1. The third kappa shape index (κ3) is 5.07. The van der Waals surface area contributed by atoms with Crippen molar-refractivity contribution in [3.63, 3.8) is 0 Å². The van der Waals surface area contributed by atoms with E-state index >= 15 is 0 Å². The molecule has 2 N–H and O–H groups in total. The molecule has 2 aromatic rings. The van der Waals surface area contributed by atoms with E-state index in [4.69, 9.17) is 0 Å². The molecule has 0 amide bonds. The Kier molecular flexibility index (Phi) is 6.07. The summed E-state index contributed by atoms with van der Waals surface area (Å²) in [7, 11) is 1.83. The Labute approximate surface area is 151 Å². The van der Waals surface area contributed by atoms with Crippen molar-refractivity contribution in [2.24, 2.45) is 4.99 Å². The lowest BCUT2D eigenvalue weighted by Gasteiger charge is -2.21. The second-order valence-corrected chi connectivity index (χ2v) is 6.75. The highest BCUT2D eigenvalue weighted by Gasteiger charge is 2.29. The zero-order valence-electron chi connectivity index (χ0n) is 15.2. The molecule has 2 aromatic carbocycles. The van der Waals surface area contributed by atoms with E-state index in [1.54, 1.807) is 0 Å². The van der Waals surface area contributed by atoms with Crippen LogP contribution in [0.5, 0.6) is 0 Å². The van der Waals surface area contributed by atoms with Gasteiger partial charge in [0.15, 0.2) is 5.96 Å². The standard InChI is InChI=1S/C21H28N4/c1-17-13-20(16-25(17)15-19-11-7-4-8-12-19)24-21(22-2)23-14-18-9-5-3-6-10-18/h3-12,17,20H,13-16H2,1-2H3,(H2,22,23,24). The maximum atomic E-state index is 4.38. The zero-order chi connectivity index (χ0) is 17.5. The van der Waals surface area contributed by atoms with E-state index in [1.165, 1.54) is 11.1 Å². The van der Waals surface area contributed by atoms with Crippen LogP contribution < -0.4 is 10.6 Å². The quantitative estimate of drug-likeness (QED) is 0.651. The topological polar surface area (TPSA) is 39.7 Å². The van der Waals surface area contributed by atoms with E-state index in [0.29, 0.717) is 12.1 Å². The molecule has 132 valence electrons. The first-order valence-corrected chi connectivity index (χ1v) is 9.03. The molecule has 0 bridgehead atoms. The third-order valence-electron chi connectivity index (χ3n) is 4.80. The highest BCUT2D eigenvalue weighted by atomic mass is 15.3. The fraction of sp³-hybridized carbons (Fsp3) is 0.381. The van der Waals surface area contributed by atoms with Crippen molar-refractivity contribution < 1.29 is 0 Å². The molecule has 2 atom stereocenters. The lowest BCUT2D eigenvalue weighted by molar-refractivity contribution is 0.258. The van der Waals surface area contributed by atoms with Gasteiger partial charge in [0.2, 0.25) is 0 Å². The second-order valence-electron chi connectivity index (χ2n) is 6.75. The molecular formula is C21H28N4. The van der Waals surface area contributed by atoms with Gasteiger partial charge in [0.1, 0.15) is 0 Å². The lowest BCUT2D eigenvalue weighted by atomic mass is 10.2. The van der Waals surface area contributed by atoms with Gasteiger partial charge in [0.25, 0.3) is 0 Å². The summed E-state index contributed by atoms with van der Waals surface area (Å²) < 4.78 is 0. The number of hydrogen-bond acceptors (Lipinski definition) is 2. The minimum atomic E-state index is 0.431. The molecule has 1 aliphatic rings. The summed E-state index contributed by atoms with van der Waals surface area (Å²) in [4.78, 5) is 6.92. The fourth-order valence-corrected chi connectivity index (χ4v) is 3.41. The average molecular weight is 336 g/mol. The van der Waals surface area contributed by atoms with E-state index in [2.05, 4.69) is 82.0 Å². The highest BCUT2D eigenvalue weighted by Crippen LogP contribution is 2.20. The maximum absolute atomic E-state index is 4.38. The number of nitrogens with one attached hydrogen (secondary N) is 2. The fourth-order valence-electron chi connectivity index (χ4n) is 3.41. The van der Waals surface area contributed by atoms with E-state index in [0.717, 1.165) is 32.0 Å². The summed E-state index contributed by atoms with van der Waals surface area (Å²) in [6.45, 7) is 5.15. The molecule has 1 heterocycles. The van der Waals surface area contributed by atoms with Crippen molar-refractivity contribution in [2.75, 3.05) is 13.6 Å². The Morgan fingerprint density at radius 1 is 1.04 bits per heavy atom. The van der Waals surface area contributed by atoms with Gasteiger partial charge in [-0.15, -0.1) is 0 Å². The second kappa shape index (κ2) is 8.67. The predicted molar refractivity (Wildman–Crippen MR) is 104 cm³/mol. The predicted octanol–water partition coefficient (Wildman–Crippen LogP) is 3.01. The number of nitrogens with zero attached hydrogens (tertiary/aromatic N) is 2.